The van der Waals surface area contributed by atoms with Gasteiger partial charge in [0.05, 0.1) is 0 Å². The minimum atomic E-state index is -0.639. The second-order valence-electron chi connectivity index (χ2n) is 5.99. The van der Waals surface area contributed by atoms with E-state index in [9.17, 15) is 4.79 Å². The summed E-state index contributed by atoms with van der Waals surface area (Å²) in [5.74, 6) is 6.26. The average Bonchev–Trinajstić information content (AvgIpc) is 2.43. The van der Waals surface area contributed by atoms with E-state index in [4.69, 9.17) is 9.47 Å². The molecule has 0 radical (unpaired) electrons. The second kappa shape index (κ2) is 8.94. The van der Waals surface area contributed by atoms with Crippen LogP contribution < -0.4 is 0 Å². The molecule has 0 spiro atoms. The number of ether oxygens (including phenoxy) is 2. The third kappa shape index (κ3) is 8.86. The molecule has 0 aliphatic rings. The van der Waals surface area contributed by atoms with E-state index in [1.165, 1.54) is 0 Å². The number of benzene rings is 1. The zero-order valence-electron chi connectivity index (χ0n) is 13.8. The van der Waals surface area contributed by atoms with Crippen molar-refractivity contribution in [1.82, 2.24) is 0 Å². The first kappa shape index (κ1) is 17.8. The van der Waals surface area contributed by atoms with Crippen LogP contribution >= 0.6 is 0 Å². The van der Waals surface area contributed by atoms with Crippen molar-refractivity contribution in [2.45, 2.75) is 46.1 Å². The quantitative estimate of drug-likeness (QED) is 0.458. The lowest BCUT2D eigenvalue weighted by atomic mass is 10.1. The molecule has 0 atom stereocenters. The van der Waals surface area contributed by atoms with Crippen LogP contribution in [-0.4, -0.2) is 18.4 Å². The van der Waals surface area contributed by atoms with Crippen molar-refractivity contribution >= 4 is 6.16 Å². The molecule has 1 aromatic rings. The van der Waals surface area contributed by atoms with Crippen LogP contribution in [0.2, 0.25) is 0 Å². The van der Waals surface area contributed by atoms with Gasteiger partial charge in [0.15, 0.2) is 0 Å². The highest BCUT2D eigenvalue weighted by Crippen LogP contribution is 2.08. The maximum atomic E-state index is 11.4. The molecule has 22 heavy (non-hydrogen) atoms. The molecule has 0 saturated carbocycles. The summed E-state index contributed by atoms with van der Waals surface area (Å²) in [4.78, 5) is 11.4. The fourth-order valence-electron chi connectivity index (χ4n) is 1.58. The molecule has 1 rings (SSSR count). The topological polar surface area (TPSA) is 35.5 Å². The van der Waals surface area contributed by atoms with Gasteiger partial charge in [-0.1, -0.05) is 35.6 Å². The summed E-state index contributed by atoms with van der Waals surface area (Å²) < 4.78 is 10.0. The van der Waals surface area contributed by atoms with E-state index < -0.39 is 11.8 Å². The maximum absolute atomic E-state index is 11.4. The van der Waals surface area contributed by atoms with Crippen LogP contribution in [0.1, 0.15) is 46.1 Å². The van der Waals surface area contributed by atoms with E-state index >= 15 is 0 Å². The Morgan fingerprint density at radius 2 is 1.91 bits per heavy atom. The SMILES string of the molecule is C/C(=C\COC(=O)OC(C)(C)C)CCC#Cc1ccccc1. The summed E-state index contributed by atoms with van der Waals surface area (Å²) in [5.41, 5.74) is 1.64. The predicted molar refractivity (Wildman–Crippen MR) is 88.5 cm³/mol. The zero-order valence-corrected chi connectivity index (χ0v) is 13.8. The van der Waals surface area contributed by atoms with Gasteiger partial charge in [-0.05, 0) is 52.3 Å². The Bertz CT molecular complexity index is 554. The van der Waals surface area contributed by atoms with Gasteiger partial charge in [-0.3, -0.25) is 0 Å². The second-order valence-corrected chi connectivity index (χ2v) is 5.99. The van der Waals surface area contributed by atoms with Crippen LogP contribution in [0.25, 0.3) is 0 Å². The molecule has 0 saturated heterocycles. The molecule has 0 aliphatic carbocycles. The average molecular weight is 300 g/mol. The van der Waals surface area contributed by atoms with E-state index in [1.807, 2.05) is 43.3 Å². The van der Waals surface area contributed by atoms with Crippen molar-refractivity contribution in [2.75, 3.05) is 6.61 Å². The molecule has 0 bridgehead atoms. The first-order valence-electron chi connectivity index (χ1n) is 7.42. The van der Waals surface area contributed by atoms with Gasteiger partial charge in [-0.2, -0.15) is 0 Å². The summed E-state index contributed by atoms with van der Waals surface area (Å²) in [6, 6.07) is 9.91. The number of hydrogen-bond acceptors (Lipinski definition) is 3. The van der Waals surface area contributed by atoms with Gasteiger partial charge in [0.1, 0.15) is 12.2 Å². The van der Waals surface area contributed by atoms with Crippen molar-refractivity contribution in [3.63, 3.8) is 0 Å². The molecular formula is C19H24O3. The predicted octanol–water partition coefficient (Wildman–Crippen LogP) is 4.72. The van der Waals surface area contributed by atoms with Crippen LogP contribution in [0.5, 0.6) is 0 Å². The first-order chi connectivity index (χ1) is 10.4. The molecule has 3 nitrogen and oxygen atoms in total. The maximum Gasteiger partial charge on any atom is 0.509 e. The highest BCUT2D eigenvalue weighted by molar-refractivity contribution is 5.60. The third-order valence-electron chi connectivity index (χ3n) is 2.67. The molecule has 0 fully saturated rings. The van der Waals surface area contributed by atoms with Gasteiger partial charge in [0.2, 0.25) is 0 Å². The Morgan fingerprint density at radius 1 is 1.23 bits per heavy atom. The lowest BCUT2D eigenvalue weighted by molar-refractivity contribution is -0.00247. The number of allylic oxidation sites excluding steroid dienone is 1. The third-order valence-corrected chi connectivity index (χ3v) is 2.67. The largest absolute Gasteiger partial charge is 0.509 e. The minimum Gasteiger partial charge on any atom is -0.430 e. The Balaban J connectivity index is 2.26. The Morgan fingerprint density at radius 3 is 2.55 bits per heavy atom. The molecule has 0 aromatic heterocycles. The van der Waals surface area contributed by atoms with Gasteiger partial charge in [-0.15, -0.1) is 0 Å². The van der Waals surface area contributed by atoms with Gasteiger partial charge >= 0.3 is 6.16 Å². The van der Waals surface area contributed by atoms with Crippen LogP contribution in [0, 0.1) is 11.8 Å². The summed E-state index contributed by atoms with van der Waals surface area (Å²) >= 11 is 0. The van der Waals surface area contributed by atoms with Crippen LogP contribution in [0.15, 0.2) is 42.0 Å². The lowest BCUT2D eigenvalue weighted by Gasteiger charge is -2.18. The highest BCUT2D eigenvalue weighted by atomic mass is 16.7. The molecule has 0 aliphatic heterocycles. The minimum absolute atomic E-state index is 0.229. The summed E-state index contributed by atoms with van der Waals surface area (Å²) in [6.07, 6.45) is 2.88. The van der Waals surface area contributed by atoms with E-state index in [1.54, 1.807) is 20.8 Å². The van der Waals surface area contributed by atoms with Gasteiger partial charge in [0.25, 0.3) is 0 Å². The monoisotopic (exact) mass is 300 g/mol. The van der Waals surface area contributed by atoms with Crippen LogP contribution in [-0.2, 0) is 9.47 Å². The standard InChI is InChI=1S/C19H24O3/c1-16(14-15-21-18(20)22-19(2,3)4)10-8-9-13-17-11-6-5-7-12-17/h5-7,11-12,14H,8,10,15H2,1-4H3/b16-14+. The number of rotatable bonds is 4. The van der Waals surface area contributed by atoms with Crippen molar-refractivity contribution in [3.05, 3.63) is 47.5 Å². The van der Waals surface area contributed by atoms with E-state index in [-0.39, 0.29) is 6.61 Å². The fourth-order valence-corrected chi connectivity index (χ4v) is 1.58. The van der Waals surface area contributed by atoms with Crippen molar-refractivity contribution in [2.24, 2.45) is 0 Å². The van der Waals surface area contributed by atoms with Gasteiger partial charge < -0.3 is 9.47 Å². The summed E-state index contributed by atoms with van der Waals surface area (Å²) in [5, 5.41) is 0. The van der Waals surface area contributed by atoms with Crippen molar-refractivity contribution in [1.29, 1.82) is 0 Å². The first-order valence-corrected chi connectivity index (χ1v) is 7.42. The Labute approximate surface area is 133 Å². The zero-order chi connectivity index (χ0) is 16.4. The fraction of sp³-hybridized carbons (Fsp3) is 0.421. The summed E-state index contributed by atoms with van der Waals surface area (Å²) in [7, 11) is 0. The summed E-state index contributed by atoms with van der Waals surface area (Å²) in [6.45, 7) is 7.65. The molecule has 118 valence electrons. The normalized spacial score (nSPS) is 11.4. The Hall–Kier alpha value is -2.21. The van der Waals surface area contributed by atoms with Crippen molar-refractivity contribution < 1.29 is 14.3 Å². The Kier molecular flexibility index (Phi) is 7.25. The van der Waals surface area contributed by atoms with E-state index in [0.29, 0.717) is 0 Å². The number of carbonyl (C=O) groups excluding carboxylic acids is 1. The molecule has 0 heterocycles. The molecule has 0 N–H and O–H groups in total. The molecule has 3 heteroatoms. The van der Waals surface area contributed by atoms with E-state index in [2.05, 4.69) is 11.8 Å². The van der Waals surface area contributed by atoms with Crippen LogP contribution in [0.3, 0.4) is 0 Å². The molecule has 1 aromatic carbocycles. The molecular weight excluding hydrogens is 276 g/mol. The lowest BCUT2D eigenvalue weighted by Crippen LogP contribution is -2.24. The molecule has 0 amide bonds. The molecule has 0 unspecified atom stereocenters. The number of hydrogen-bond donors (Lipinski definition) is 0. The van der Waals surface area contributed by atoms with Gasteiger partial charge in [-0.25, -0.2) is 4.79 Å². The van der Waals surface area contributed by atoms with E-state index in [0.717, 1.165) is 24.0 Å². The van der Waals surface area contributed by atoms with Gasteiger partial charge in [0, 0.05) is 12.0 Å². The smallest absolute Gasteiger partial charge is 0.430 e. The van der Waals surface area contributed by atoms with Crippen LogP contribution in [0.4, 0.5) is 4.79 Å². The highest BCUT2D eigenvalue weighted by Gasteiger charge is 2.16. The van der Waals surface area contributed by atoms with Crippen molar-refractivity contribution in [3.8, 4) is 11.8 Å². The number of carbonyl (C=O) groups is 1.